The van der Waals surface area contributed by atoms with Gasteiger partial charge in [-0.1, -0.05) is 43.2 Å². The van der Waals surface area contributed by atoms with Gasteiger partial charge in [0, 0.05) is 44.0 Å². The topological polar surface area (TPSA) is 56.9 Å². The molecule has 0 atom stereocenters. The summed E-state index contributed by atoms with van der Waals surface area (Å²) in [6.45, 7) is 1.10. The number of alkyl halides is 3. The maximum atomic E-state index is 13.6. The van der Waals surface area contributed by atoms with E-state index in [2.05, 4.69) is 16.4 Å². The Labute approximate surface area is 214 Å². The molecule has 1 aromatic heterocycles. The number of benzene rings is 2. The Morgan fingerprint density at radius 1 is 1.14 bits per heavy atom. The predicted octanol–water partition coefficient (Wildman–Crippen LogP) is 5.68. The maximum absolute atomic E-state index is 13.6. The van der Waals surface area contributed by atoms with Crippen molar-refractivity contribution in [3.63, 3.8) is 0 Å². The van der Waals surface area contributed by atoms with Crippen molar-refractivity contribution in [3.05, 3.63) is 89.0 Å². The van der Waals surface area contributed by atoms with Crippen molar-refractivity contribution in [2.45, 2.75) is 57.4 Å². The van der Waals surface area contributed by atoms with Gasteiger partial charge in [-0.3, -0.25) is 0 Å². The van der Waals surface area contributed by atoms with Crippen LogP contribution in [0.2, 0.25) is 0 Å². The molecule has 1 N–H and O–H groups in total. The van der Waals surface area contributed by atoms with E-state index < -0.39 is 11.7 Å². The second-order valence-corrected chi connectivity index (χ2v) is 9.47. The fourth-order valence-corrected chi connectivity index (χ4v) is 4.88. The van der Waals surface area contributed by atoms with Crippen LogP contribution in [0.15, 0.2) is 61.1 Å². The number of hydrogen-bond donors (Lipinski definition) is 1. The summed E-state index contributed by atoms with van der Waals surface area (Å²) in [5, 5.41) is 12.9. The van der Waals surface area contributed by atoms with Gasteiger partial charge in [-0.2, -0.15) is 18.4 Å². The molecule has 0 saturated heterocycles. The molecule has 5 nitrogen and oxygen atoms in total. The van der Waals surface area contributed by atoms with Crippen molar-refractivity contribution in [2.24, 2.45) is 0 Å². The maximum Gasteiger partial charge on any atom is 0.416 e. The highest BCUT2D eigenvalue weighted by atomic mass is 32.1. The molecule has 2 aromatic carbocycles. The second-order valence-electron chi connectivity index (χ2n) is 9.08. The number of nitriles is 1. The summed E-state index contributed by atoms with van der Waals surface area (Å²) >= 11 is 5.69. The summed E-state index contributed by atoms with van der Waals surface area (Å²) in [5.41, 5.74) is 2.15. The molecular formula is C27H28F3N5S. The highest BCUT2D eigenvalue weighted by molar-refractivity contribution is 7.80. The number of imidazole rings is 1. The number of nitrogens with one attached hydrogen (secondary N) is 1. The van der Waals surface area contributed by atoms with E-state index in [0.717, 1.165) is 43.0 Å². The minimum atomic E-state index is -4.43. The third kappa shape index (κ3) is 6.64. The van der Waals surface area contributed by atoms with E-state index in [1.807, 2.05) is 21.6 Å². The zero-order chi connectivity index (χ0) is 25.5. The third-order valence-corrected chi connectivity index (χ3v) is 6.90. The number of nitrogens with zero attached hydrogens (tertiary/aromatic N) is 4. The van der Waals surface area contributed by atoms with Crippen molar-refractivity contribution < 1.29 is 13.2 Å². The molecule has 4 rings (SSSR count). The summed E-state index contributed by atoms with van der Waals surface area (Å²) in [4.78, 5) is 6.11. The minimum Gasteiger partial charge on any atom is -0.360 e. The largest absolute Gasteiger partial charge is 0.416 e. The van der Waals surface area contributed by atoms with Crippen LogP contribution in [0.4, 0.5) is 13.2 Å². The summed E-state index contributed by atoms with van der Waals surface area (Å²) in [6.07, 6.45) is 3.96. The molecule has 1 aliphatic carbocycles. The first-order valence-corrected chi connectivity index (χ1v) is 12.4. The van der Waals surface area contributed by atoms with E-state index in [1.165, 1.54) is 12.1 Å². The molecule has 0 bridgehead atoms. The summed E-state index contributed by atoms with van der Waals surface area (Å²) in [5.74, 6) is 0. The number of rotatable bonds is 8. The Kier molecular flexibility index (Phi) is 8.26. The fraction of sp³-hybridized carbons (Fsp3) is 0.370. The normalized spacial score (nSPS) is 13.9. The molecule has 3 aromatic rings. The zero-order valence-corrected chi connectivity index (χ0v) is 20.7. The van der Waals surface area contributed by atoms with Gasteiger partial charge in [-0.05, 0) is 54.4 Å². The smallest absolute Gasteiger partial charge is 0.360 e. The molecule has 36 heavy (non-hydrogen) atoms. The second kappa shape index (κ2) is 11.6. The molecule has 1 fully saturated rings. The van der Waals surface area contributed by atoms with Gasteiger partial charge in [0.15, 0.2) is 5.11 Å². The molecule has 0 amide bonds. The number of hydrogen-bond acceptors (Lipinski definition) is 3. The molecule has 0 radical (unpaired) electrons. The van der Waals surface area contributed by atoms with Crippen LogP contribution in [-0.2, 0) is 25.7 Å². The standard InChI is InChI=1S/C27H28F3N5S/c28-27(29,30)25-8-4-1-5-22(25)18-34(26(36)33-23-6-2-3-7-23)14-13-24-16-32-19-35(24)17-21-11-9-20(15-31)10-12-21/h1,4-5,8-12,16,19,23H,2-3,6-7,13-14,17-18H2,(H,33,36). The Balaban J connectivity index is 1.50. The van der Waals surface area contributed by atoms with Crippen molar-refractivity contribution in [3.8, 4) is 6.07 Å². The van der Waals surface area contributed by atoms with Crippen LogP contribution in [-0.4, -0.2) is 32.2 Å². The van der Waals surface area contributed by atoms with Gasteiger partial charge < -0.3 is 14.8 Å². The van der Waals surface area contributed by atoms with E-state index >= 15 is 0 Å². The molecule has 1 aliphatic rings. The Hall–Kier alpha value is -3.38. The van der Waals surface area contributed by atoms with Crippen LogP contribution in [0.25, 0.3) is 0 Å². The number of thiocarbonyl (C=S) groups is 1. The predicted molar refractivity (Wildman–Crippen MR) is 136 cm³/mol. The average molecular weight is 512 g/mol. The highest BCUT2D eigenvalue weighted by Gasteiger charge is 2.33. The Morgan fingerprint density at radius 2 is 1.86 bits per heavy atom. The molecular weight excluding hydrogens is 483 g/mol. The van der Waals surface area contributed by atoms with Crippen molar-refractivity contribution >= 4 is 17.3 Å². The molecule has 188 valence electrons. The molecule has 0 aliphatic heterocycles. The van der Waals surface area contributed by atoms with Gasteiger partial charge in [0.1, 0.15) is 0 Å². The highest BCUT2D eigenvalue weighted by Crippen LogP contribution is 2.32. The van der Waals surface area contributed by atoms with Crippen molar-refractivity contribution in [1.82, 2.24) is 19.8 Å². The quantitative estimate of drug-likeness (QED) is 0.394. The number of halogens is 3. The lowest BCUT2D eigenvalue weighted by Crippen LogP contribution is -2.44. The van der Waals surface area contributed by atoms with Crippen molar-refractivity contribution in [2.75, 3.05) is 6.54 Å². The van der Waals surface area contributed by atoms with Crippen LogP contribution in [0.1, 0.15) is 53.6 Å². The van der Waals surface area contributed by atoms with Gasteiger partial charge in [0.2, 0.25) is 0 Å². The first-order valence-electron chi connectivity index (χ1n) is 12.0. The van der Waals surface area contributed by atoms with Gasteiger partial charge in [0.05, 0.1) is 23.5 Å². The monoisotopic (exact) mass is 511 g/mol. The SMILES string of the molecule is N#Cc1ccc(Cn2cncc2CCN(Cc2ccccc2C(F)(F)F)C(=S)NC2CCCC2)cc1. The zero-order valence-electron chi connectivity index (χ0n) is 19.8. The third-order valence-electron chi connectivity index (χ3n) is 6.53. The van der Waals surface area contributed by atoms with Crippen LogP contribution >= 0.6 is 12.2 Å². The van der Waals surface area contributed by atoms with Crippen LogP contribution in [0.3, 0.4) is 0 Å². The van der Waals surface area contributed by atoms with E-state index in [1.54, 1.807) is 30.7 Å². The first kappa shape index (κ1) is 25.7. The van der Waals surface area contributed by atoms with Gasteiger partial charge in [-0.25, -0.2) is 4.98 Å². The lowest BCUT2D eigenvalue weighted by Gasteiger charge is -2.29. The van der Waals surface area contributed by atoms with Crippen LogP contribution in [0, 0.1) is 11.3 Å². The minimum absolute atomic E-state index is 0.0675. The van der Waals surface area contributed by atoms with Crippen LogP contribution in [0.5, 0.6) is 0 Å². The molecule has 0 spiro atoms. The Morgan fingerprint density at radius 3 is 2.56 bits per heavy atom. The molecule has 1 saturated carbocycles. The molecule has 9 heteroatoms. The van der Waals surface area contributed by atoms with Gasteiger partial charge >= 0.3 is 6.18 Å². The molecule has 1 heterocycles. The van der Waals surface area contributed by atoms with Crippen LogP contribution < -0.4 is 5.32 Å². The summed E-state index contributed by atoms with van der Waals surface area (Å²) < 4.78 is 43.0. The first-order chi connectivity index (χ1) is 17.3. The van der Waals surface area contributed by atoms with E-state index in [0.29, 0.717) is 30.2 Å². The lowest BCUT2D eigenvalue weighted by molar-refractivity contribution is -0.138. The fourth-order valence-electron chi connectivity index (χ4n) is 4.56. The average Bonchev–Trinajstić information content (AvgIpc) is 3.54. The molecule has 0 unspecified atom stereocenters. The van der Waals surface area contributed by atoms with E-state index in [4.69, 9.17) is 17.5 Å². The lowest BCUT2D eigenvalue weighted by atomic mass is 10.1. The summed E-state index contributed by atoms with van der Waals surface area (Å²) in [6, 6.07) is 15.4. The van der Waals surface area contributed by atoms with Gasteiger partial charge in [0.25, 0.3) is 0 Å². The summed E-state index contributed by atoms with van der Waals surface area (Å²) in [7, 11) is 0. The van der Waals surface area contributed by atoms with E-state index in [9.17, 15) is 13.2 Å². The number of aromatic nitrogens is 2. The van der Waals surface area contributed by atoms with Gasteiger partial charge in [-0.15, -0.1) is 0 Å². The van der Waals surface area contributed by atoms with Crippen molar-refractivity contribution in [1.29, 1.82) is 5.26 Å². The Bertz CT molecular complexity index is 1210. The van der Waals surface area contributed by atoms with E-state index in [-0.39, 0.29) is 18.2 Å².